The van der Waals surface area contributed by atoms with Crippen molar-refractivity contribution in [2.45, 2.75) is 25.0 Å². The summed E-state index contributed by atoms with van der Waals surface area (Å²) in [6, 6.07) is 0. The standard InChI is InChI=1S/C11H21O9P/c1-10(8(12)14-3)11(2,9(13)15-4)20-21(16-5,17-6,18-7)19-10/h1-7H3/t10-,11+. The summed E-state index contributed by atoms with van der Waals surface area (Å²) in [5.74, 6) is -1.74. The first-order valence-corrected chi connectivity index (χ1v) is 7.75. The fraction of sp³-hybridized carbons (Fsp3) is 0.818. The molecular weight excluding hydrogens is 307 g/mol. The van der Waals surface area contributed by atoms with Gasteiger partial charge in [-0.15, -0.1) is 0 Å². The van der Waals surface area contributed by atoms with Gasteiger partial charge in [0.15, 0.2) is 0 Å². The van der Waals surface area contributed by atoms with E-state index < -0.39 is 30.9 Å². The molecule has 0 amide bonds. The van der Waals surface area contributed by atoms with Crippen LogP contribution < -0.4 is 0 Å². The zero-order valence-electron chi connectivity index (χ0n) is 13.1. The number of methoxy groups -OCH3 is 2. The van der Waals surface area contributed by atoms with Crippen molar-refractivity contribution in [1.82, 2.24) is 0 Å². The van der Waals surface area contributed by atoms with E-state index in [2.05, 4.69) is 0 Å². The van der Waals surface area contributed by atoms with Crippen LogP contribution in [0.5, 0.6) is 0 Å². The zero-order chi connectivity index (χ0) is 16.6. The van der Waals surface area contributed by atoms with Crippen molar-refractivity contribution < 1.29 is 41.7 Å². The Bertz CT molecular complexity index is 404. The maximum atomic E-state index is 12.2. The van der Waals surface area contributed by atoms with Crippen LogP contribution in [0.2, 0.25) is 0 Å². The summed E-state index contributed by atoms with van der Waals surface area (Å²) in [5, 5.41) is 0. The van der Waals surface area contributed by atoms with E-state index in [1.165, 1.54) is 35.2 Å². The Morgan fingerprint density at radius 1 is 0.762 bits per heavy atom. The first-order chi connectivity index (χ1) is 9.62. The normalized spacial score (nSPS) is 35.5. The van der Waals surface area contributed by atoms with E-state index >= 15 is 0 Å². The average Bonchev–Trinajstić information content (AvgIpc) is 2.74. The van der Waals surface area contributed by atoms with Gasteiger partial charge in [0, 0.05) is 0 Å². The predicted octanol–water partition coefficient (Wildman–Crippen LogP) is 0.964. The van der Waals surface area contributed by atoms with Gasteiger partial charge in [0.25, 0.3) is 0 Å². The molecule has 0 saturated carbocycles. The molecule has 0 radical (unpaired) electrons. The zero-order valence-corrected chi connectivity index (χ0v) is 14.0. The fourth-order valence-corrected chi connectivity index (χ4v) is 4.71. The third-order valence-corrected chi connectivity index (χ3v) is 6.73. The quantitative estimate of drug-likeness (QED) is 0.540. The summed E-state index contributed by atoms with van der Waals surface area (Å²) in [6.07, 6.45) is 0. The van der Waals surface area contributed by atoms with Gasteiger partial charge >= 0.3 is 122 Å². The van der Waals surface area contributed by atoms with Gasteiger partial charge in [-0.2, -0.15) is 0 Å². The number of esters is 2. The van der Waals surface area contributed by atoms with Crippen molar-refractivity contribution in [2.75, 3.05) is 35.5 Å². The molecule has 0 spiro atoms. The Balaban J connectivity index is 3.56. The molecule has 1 heterocycles. The van der Waals surface area contributed by atoms with E-state index in [4.69, 9.17) is 32.1 Å². The van der Waals surface area contributed by atoms with E-state index in [1.54, 1.807) is 0 Å². The molecule has 124 valence electrons. The van der Waals surface area contributed by atoms with Gasteiger partial charge in [0.05, 0.1) is 0 Å². The van der Waals surface area contributed by atoms with Crippen molar-refractivity contribution in [3.8, 4) is 0 Å². The molecular formula is C11H21O9P. The molecule has 1 fully saturated rings. The van der Waals surface area contributed by atoms with E-state index in [-0.39, 0.29) is 0 Å². The number of carbonyl (C=O) groups is 2. The first-order valence-electron chi connectivity index (χ1n) is 5.93. The number of carbonyl (C=O) groups excluding carboxylic acids is 2. The third kappa shape index (κ3) is 2.25. The summed E-state index contributed by atoms with van der Waals surface area (Å²) in [4.78, 5) is 24.3. The Morgan fingerprint density at radius 2 is 1.05 bits per heavy atom. The van der Waals surface area contributed by atoms with Crippen LogP contribution in [0.15, 0.2) is 0 Å². The van der Waals surface area contributed by atoms with Gasteiger partial charge in [-0.1, -0.05) is 0 Å². The minimum absolute atomic E-state index is 0.868. The molecule has 9 nitrogen and oxygen atoms in total. The van der Waals surface area contributed by atoms with Gasteiger partial charge < -0.3 is 0 Å². The van der Waals surface area contributed by atoms with Crippen LogP contribution >= 0.6 is 7.74 Å². The molecule has 1 aliphatic rings. The van der Waals surface area contributed by atoms with Crippen molar-refractivity contribution in [2.24, 2.45) is 0 Å². The predicted molar refractivity (Wildman–Crippen MR) is 71.0 cm³/mol. The van der Waals surface area contributed by atoms with Crippen molar-refractivity contribution in [1.29, 1.82) is 0 Å². The Labute approximate surface area is 123 Å². The number of rotatable bonds is 5. The van der Waals surface area contributed by atoms with Crippen molar-refractivity contribution >= 4 is 19.7 Å². The molecule has 0 aromatic carbocycles. The number of ether oxygens (including phenoxy) is 2. The maximum absolute atomic E-state index is 12.2. The molecule has 1 rings (SSSR count). The van der Waals surface area contributed by atoms with Crippen molar-refractivity contribution in [3.63, 3.8) is 0 Å². The SMILES string of the molecule is COC(=O)[C@]1(C)OP(OC)(OC)(OC)O[C@]1(C)C(=O)OC. The van der Waals surface area contributed by atoms with Gasteiger partial charge in [-0.25, -0.2) is 0 Å². The topological polar surface area (TPSA) is 98.8 Å². The molecule has 0 unspecified atom stereocenters. The number of hydrogen-bond donors (Lipinski definition) is 0. The fourth-order valence-electron chi connectivity index (χ4n) is 2.09. The van der Waals surface area contributed by atoms with E-state index in [9.17, 15) is 9.59 Å². The summed E-state index contributed by atoms with van der Waals surface area (Å²) >= 11 is 0. The van der Waals surface area contributed by atoms with Crippen molar-refractivity contribution in [3.05, 3.63) is 0 Å². The van der Waals surface area contributed by atoms with Crippen LogP contribution in [0.4, 0.5) is 0 Å². The molecule has 0 aromatic heterocycles. The summed E-state index contributed by atoms with van der Waals surface area (Å²) in [7, 11) is 1.31. The number of hydrogen-bond acceptors (Lipinski definition) is 9. The molecule has 21 heavy (non-hydrogen) atoms. The second kappa shape index (κ2) is 5.42. The van der Waals surface area contributed by atoms with Crippen LogP contribution in [0.1, 0.15) is 13.8 Å². The molecule has 0 N–H and O–H groups in total. The first kappa shape index (κ1) is 18.2. The molecule has 1 saturated heterocycles. The average molecular weight is 328 g/mol. The van der Waals surface area contributed by atoms with Gasteiger partial charge in [-0.3, -0.25) is 0 Å². The Morgan fingerprint density at radius 3 is 1.24 bits per heavy atom. The molecule has 0 aliphatic carbocycles. The van der Waals surface area contributed by atoms with Gasteiger partial charge in [0.1, 0.15) is 0 Å². The monoisotopic (exact) mass is 328 g/mol. The molecule has 10 heteroatoms. The van der Waals surface area contributed by atoms with Gasteiger partial charge in [-0.05, 0) is 0 Å². The third-order valence-electron chi connectivity index (χ3n) is 3.62. The second-order valence-corrected chi connectivity index (χ2v) is 7.48. The second-order valence-electron chi connectivity index (χ2n) is 4.53. The minimum atomic E-state index is -4.62. The summed E-state index contributed by atoms with van der Waals surface area (Å²) < 4.78 is 36.2. The molecule has 1 aliphatic heterocycles. The van der Waals surface area contributed by atoms with Crippen LogP contribution in [0.3, 0.4) is 0 Å². The van der Waals surface area contributed by atoms with Crippen LogP contribution in [-0.2, 0) is 41.7 Å². The molecule has 2 atom stereocenters. The van der Waals surface area contributed by atoms with Crippen LogP contribution in [0, 0.1) is 0 Å². The summed E-state index contributed by atoms with van der Waals surface area (Å²) in [6.45, 7) is 2.61. The molecule has 0 bridgehead atoms. The van der Waals surface area contributed by atoms with E-state index in [0.717, 1.165) is 14.2 Å². The van der Waals surface area contributed by atoms with Crippen LogP contribution in [-0.4, -0.2) is 58.7 Å². The Kier molecular flexibility index (Phi) is 4.70. The van der Waals surface area contributed by atoms with Gasteiger partial charge in [0.2, 0.25) is 0 Å². The summed E-state index contributed by atoms with van der Waals surface area (Å²) in [5.41, 5.74) is -3.79. The van der Waals surface area contributed by atoms with E-state index in [1.807, 2.05) is 0 Å². The Hall–Kier alpha value is -0.830. The van der Waals surface area contributed by atoms with E-state index in [0.29, 0.717) is 0 Å². The van der Waals surface area contributed by atoms with Crippen LogP contribution in [0.25, 0.3) is 0 Å². The molecule has 0 aromatic rings.